The predicted octanol–water partition coefficient (Wildman–Crippen LogP) is 4.17. The standard InChI is InChI=1S/C29H33N5O5/c1-18-20(3-2-13-31-18)12-15-39-29-32-26(30)25-27(33-29)38-16-14-34(28(25)37)23-10-8-22(9-11-23)21-6-4-19(5-7-21)17-24(35)36/h2-3,8-11,13,19,21H,4-7,12,14-17H2,1H3,(H,35,36)(H2,30,32,33). The number of amides is 1. The summed E-state index contributed by atoms with van der Waals surface area (Å²) in [6.45, 7) is 2.86. The molecule has 39 heavy (non-hydrogen) atoms. The minimum absolute atomic E-state index is 0.0131. The van der Waals surface area contributed by atoms with Gasteiger partial charge in [-0.2, -0.15) is 9.97 Å². The van der Waals surface area contributed by atoms with Crippen LogP contribution in [-0.4, -0.2) is 51.7 Å². The van der Waals surface area contributed by atoms with Gasteiger partial charge in [0.2, 0.25) is 5.88 Å². The number of carboxylic acid groups (broad SMARTS) is 1. The Bertz CT molecular complexity index is 1340. The molecule has 1 aromatic carbocycles. The Labute approximate surface area is 227 Å². The van der Waals surface area contributed by atoms with Gasteiger partial charge < -0.3 is 25.2 Å². The Hall–Kier alpha value is -4.21. The minimum atomic E-state index is -0.721. The van der Waals surface area contributed by atoms with Crippen molar-refractivity contribution in [3.05, 3.63) is 65.0 Å². The minimum Gasteiger partial charge on any atom is -0.481 e. The highest BCUT2D eigenvalue weighted by Gasteiger charge is 2.30. The Morgan fingerprint density at radius 3 is 2.64 bits per heavy atom. The molecular formula is C29H33N5O5. The van der Waals surface area contributed by atoms with Gasteiger partial charge in [-0.25, -0.2) is 0 Å². The molecule has 1 aliphatic heterocycles. The molecule has 3 N–H and O–H groups in total. The number of benzene rings is 1. The van der Waals surface area contributed by atoms with Gasteiger partial charge in [0.25, 0.3) is 5.91 Å². The molecule has 2 aromatic heterocycles. The zero-order valence-corrected chi connectivity index (χ0v) is 22.0. The van der Waals surface area contributed by atoms with Crippen LogP contribution in [0, 0.1) is 12.8 Å². The summed E-state index contributed by atoms with van der Waals surface area (Å²) in [4.78, 5) is 39.0. The Kier molecular flexibility index (Phi) is 7.90. The van der Waals surface area contributed by atoms with Gasteiger partial charge in [0.05, 0.1) is 13.2 Å². The number of rotatable bonds is 8. The third-order valence-electron chi connectivity index (χ3n) is 7.60. The molecule has 5 rings (SSSR count). The number of anilines is 2. The predicted molar refractivity (Wildman–Crippen MR) is 145 cm³/mol. The van der Waals surface area contributed by atoms with Crippen LogP contribution >= 0.6 is 0 Å². The van der Waals surface area contributed by atoms with Crippen molar-refractivity contribution in [3.8, 4) is 11.9 Å². The smallest absolute Gasteiger partial charge is 0.321 e. The number of carboxylic acids is 1. The zero-order valence-electron chi connectivity index (χ0n) is 22.0. The average molecular weight is 532 g/mol. The molecular weight excluding hydrogens is 498 g/mol. The fourth-order valence-electron chi connectivity index (χ4n) is 5.43. The molecule has 2 aliphatic rings. The largest absolute Gasteiger partial charge is 0.481 e. The van der Waals surface area contributed by atoms with Crippen molar-refractivity contribution in [2.24, 2.45) is 5.92 Å². The lowest BCUT2D eigenvalue weighted by molar-refractivity contribution is -0.138. The molecule has 1 aliphatic carbocycles. The van der Waals surface area contributed by atoms with Crippen LogP contribution in [0.3, 0.4) is 0 Å². The number of nitrogens with two attached hydrogens (primary N) is 1. The summed E-state index contributed by atoms with van der Waals surface area (Å²) in [6.07, 6.45) is 6.42. The number of aromatic nitrogens is 3. The molecule has 0 bridgehead atoms. The first-order valence-corrected chi connectivity index (χ1v) is 13.4. The Morgan fingerprint density at radius 2 is 1.92 bits per heavy atom. The first-order chi connectivity index (χ1) is 18.9. The molecule has 204 valence electrons. The van der Waals surface area contributed by atoms with E-state index in [0.29, 0.717) is 25.5 Å². The fraction of sp³-hybridized carbons (Fsp3) is 0.414. The fourth-order valence-corrected chi connectivity index (χ4v) is 5.43. The van der Waals surface area contributed by atoms with E-state index in [1.807, 2.05) is 31.2 Å². The summed E-state index contributed by atoms with van der Waals surface area (Å²) in [7, 11) is 0. The monoisotopic (exact) mass is 531 g/mol. The van der Waals surface area contributed by atoms with Crippen molar-refractivity contribution in [1.29, 1.82) is 0 Å². The second-order valence-electron chi connectivity index (χ2n) is 10.1. The molecule has 0 unspecified atom stereocenters. The number of aliphatic carboxylic acids is 1. The first-order valence-electron chi connectivity index (χ1n) is 13.4. The molecule has 3 heterocycles. The third kappa shape index (κ3) is 6.10. The second-order valence-corrected chi connectivity index (χ2v) is 10.1. The summed E-state index contributed by atoms with van der Waals surface area (Å²) in [5, 5.41) is 9.05. The van der Waals surface area contributed by atoms with Gasteiger partial charge in [-0.3, -0.25) is 14.6 Å². The first kappa shape index (κ1) is 26.4. The number of ether oxygens (including phenoxy) is 2. The van der Waals surface area contributed by atoms with Crippen LogP contribution in [0.1, 0.15) is 65.2 Å². The van der Waals surface area contributed by atoms with Gasteiger partial charge in [0, 0.05) is 30.4 Å². The lowest BCUT2D eigenvalue weighted by Crippen LogP contribution is -2.32. The van der Waals surface area contributed by atoms with Gasteiger partial charge in [0.1, 0.15) is 18.0 Å². The van der Waals surface area contributed by atoms with Crippen molar-refractivity contribution in [2.75, 3.05) is 30.4 Å². The maximum absolute atomic E-state index is 13.5. The number of fused-ring (bicyclic) bond motifs is 1. The van der Waals surface area contributed by atoms with Crippen molar-refractivity contribution in [3.63, 3.8) is 0 Å². The van der Waals surface area contributed by atoms with Crippen LogP contribution in [0.25, 0.3) is 0 Å². The van der Waals surface area contributed by atoms with Gasteiger partial charge in [0.15, 0.2) is 0 Å². The summed E-state index contributed by atoms with van der Waals surface area (Å²) in [5.41, 5.74) is 10.3. The topological polar surface area (TPSA) is 141 Å². The molecule has 10 nitrogen and oxygen atoms in total. The van der Waals surface area contributed by atoms with Crippen molar-refractivity contribution in [1.82, 2.24) is 15.0 Å². The van der Waals surface area contributed by atoms with E-state index in [1.54, 1.807) is 11.1 Å². The van der Waals surface area contributed by atoms with E-state index in [4.69, 9.17) is 20.3 Å². The van der Waals surface area contributed by atoms with E-state index in [1.165, 1.54) is 5.56 Å². The van der Waals surface area contributed by atoms with Crippen molar-refractivity contribution >= 4 is 23.4 Å². The lowest BCUT2D eigenvalue weighted by Gasteiger charge is -2.28. The molecule has 1 saturated carbocycles. The molecule has 0 spiro atoms. The van der Waals surface area contributed by atoms with Gasteiger partial charge in [-0.05, 0) is 73.8 Å². The van der Waals surface area contributed by atoms with E-state index >= 15 is 0 Å². The SMILES string of the molecule is Cc1ncccc1CCOc1nc(N)c2c(n1)OCCN(c1ccc(C3CCC(CC(=O)O)CC3)cc1)C2=O. The maximum atomic E-state index is 13.5. The van der Waals surface area contributed by atoms with E-state index in [9.17, 15) is 9.59 Å². The van der Waals surface area contributed by atoms with Crippen LogP contribution in [0.2, 0.25) is 0 Å². The number of carbonyl (C=O) groups excluding carboxylic acids is 1. The number of aryl methyl sites for hydroxylation is 1. The van der Waals surface area contributed by atoms with Gasteiger partial charge in [-0.1, -0.05) is 18.2 Å². The average Bonchev–Trinajstić information content (AvgIpc) is 3.09. The summed E-state index contributed by atoms with van der Waals surface area (Å²) < 4.78 is 11.5. The van der Waals surface area contributed by atoms with Gasteiger partial charge >= 0.3 is 12.0 Å². The molecule has 0 atom stereocenters. The Balaban J connectivity index is 1.25. The number of pyridine rings is 1. The highest BCUT2D eigenvalue weighted by molar-refractivity contribution is 6.10. The molecule has 0 saturated heterocycles. The number of hydrogen-bond donors (Lipinski definition) is 2. The number of hydrogen-bond acceptors (Lipinski definition) is 8. The number of carbonyl (C=O) groups is 2. The highest BCUT2D eigenvalue weighted by atomic mass is 16.5. The van der Waals surface area contributed by atoms with E-state index < -0.39 is 5.97 Å². The van der Waals surface area contributed by atoms with Gasteiger partial charge in [-0.15, -0.1) is 0 Å². The molecule has 1 fully saturated rings. The van der Waals surface area contributed by atoms with Crippen LogP contribution < -0.4 is 20.1 Å². The summed E-state index contributed by atoms with van der Waals surface area (Å²) in [6, 6.07) is 11.9. The highest BCUT2D eigenvalue weighted by Crippen LogP contribution is 2.38. The normalized spacial score (nSPS) is 19.1. The van der Waals surface area contributed by atoms with Crippen LogP contribution in [0.15, 0.2) is 42.6 Å². The quantitative estimate of drug-likeness (QED) is 0.438. The number of nitrogen functional groups attached to an aromatic ring is 1. The van der Waals surface area contributed by atoms with E-state index in [-0.39, 0.29) is 48.1 Å². The summed E-state index contributed by atoms with van der Waals surface area (Å²) in [5.74, 6) is -0.244. The molecule has 3 aromatic rings. The lowest BCUT2D eigenvalue weighted by atomic mass is 9.77. The maximum Gasteiger partial charge on any atom is 0.321 e. The van der Waals surface area contributed by atoms with Crippen LogP contribution in [-0.2, 0) is 11.2 Å². The Morgan fingerprint density at radius 1 is 1.15 bits per heavy atom. The molecule has 1 amide bonds. The van der Waals surface area contributed by atoms with Crippen LogP contribution in [0.4, 0.5) is 11.5 Å². The molecule has 10 heteroatoms. The van der Waals surface area contributed by atoms with E-state index in [0.717, 1.165) is 42.6 Å². The van der Waals surface area contributed by atoms with Crippen molar-refractivity contribution in [2.45, 2.75) is 51.4 Å². The third-order valence-corrected chi connectivity index (χ3v) is 7.60. The van der Waals surface area contributed by atoms with Crippen molar-refractivity contribution < 1.29 is 24.2 Å². The van der Waals surface area contributed by atoms with Crippen LogP contribution in [0.5, 0.6) is 11.9 Å². The molecule has 0 radical (unpaired) electrons. The zero-order chi connectivity index (χ0) is 27.4. The number of nitrogens with zero attached hydrogens (tertiary/aromatic N) is 4. The summed E-state index contributed by atoms with van der Waals surface area (Å²) >= 11 is 0. The van der Waals surface area contributed by atoms with E-state index in [2.05, 4.69) is 27.1 Å². The second kappa shape index (κ2) is 11.7.